The summed E-state index contributed by atoms with van der Waals surface area (Å²) in [7, 11) is 0. The Morgan fingerprint density at radius 3 is 2.28 bits per heavy atom. The average Bonchev–Trinajstić information content (AvgIpc) is 2.95. The van der Waals surface area contributed by atoms with Crippen LogP contribution in [-0.2, 0) is 4.79 Å². The maximum atomic E-state index is 13.2. The van der Waals surface area contributed by atoms with Gasteiger partial charge in [-0.05, 0) is 72.2 Å². The molecule has 1 aromatic carbocycles. The molecule has 0 saturated heterocycles. The molecule has 5 heteroatoms. The summed E-state index contributed by atoms with van der Waals surface area (Å²) in [4.78, 5) is 17.9. The topological polar surface area (TPSA) is 42.0 Å². The van der Waals surface area contributed by atoms with Crippen molar-refractivity contribution in [1.82, 2.24) is 4.98 Å². The molecule has 130 valence electrons. The molecular weight excluding hydrogens is 396 g/mol. The Bertz CT molecular complexity index is 781. The molecule has 4 fully saturated rings. The lowest BCUT2D eigenvalue weighted by Crippen LogP contribution is -2.51. The van der Waals surface area contributed by atoms with E-state index in [0.29, 0.717) is 5.13 Å². The second kappa shape index (κ2) is 5.92. The molecule has 4 bridgehead atoms. The lowest BCUT2D eigenvalue weighted by atomic mass is 9.49. The molecule has 6 rings (SSSR count). The summed E-state index contributed by atoms with van der Waals surface area (Å²) in [6.07, 6.45) is 7.32. The molecule has 1 N–H and O–H groups in total. The first-order valence-electron chi connectivity index (χ1n) is 9.14. The SMILES string of the molecule is O=C(Nc1nc(-c2ccccc2)c(Br)s1)C12CC3CC(CC(C3)C1)C2. The number of amides is 1. The molecule has 1 amide bonds. The normalized spacial score (nSPS) is 32.8. The minimum absolute atomic E-state index is 0.125. The quantitative estimate of drug-likeness (QED) is 0.693. The van der Waals surface area contributed by atoms with E-state index in [4.69, 9.17) is 0 Å². The number of benzene rings is 1. The van der Waals surface area contributed by atoms with Gasteiger partial charge in [0.1, 0.15) is 0 Å². The van der Waals surface area contributed by atoms with Crippen molar-refractivity contribution < 1.29 is 4.79 Å². The van der Waals surface area contributed by atoms with Crippen LogP contribution in [0.5, 0.6) is 0 Å². The summed E-state index contributed by atoms with van der Waals surface area (Å²) in [6, 6.07) is 10.1. The molecule has 1 aromatic heterocycles. The number of rotatable bonds is 3. The van der Waals surface area contributed by atoms with Crippen molar-refractivity contribution in [2.45, 2.75) is 38.5 Å². The predicted molar refractivity (Wildman–Crippen MR) is 104 cm³/mol. The molecule has 0 aliphatic heterocycles. The Labute approximate surface area is 160 Å². The summed E-state index contributed by atoms with van der Waals surface area (Å²) in [5.74, 6) is 2.55. The van der Waals surface area contributed by atoms with Crippen LogP contribution in [0.2, 0.25) is 0 Å². The van der Waals surface area contributed by atoms with Gasteiger partial charge in [-0.15, -0.1) is 0 Å². The molecule has 3 nitrogen and oxygen atoms in total. The lowest BCUT2D eigenvalue weighted by Gasteiger charge is -2.55. The van der Waals surface area contributed by atoms with E-state index in [1.165, 1.54) is 30.6 Å². The van der Waals surface area contributed by atoms with Gasteiger partial charge < -0.3 is 5.32 Å². The fraction of sp³-hybridized carbons (Fsp3) is 0.500. The number of carbonyl (C=O) groups is 1. The molecular formula is C20H21BrN2OS. The zero-order valence-electron chi connectivity index (χ0n) is 14.0. The van der Waals surface area contributed by atoms with Crippen molar-refractivity contribution in [3.05, 3.63) is 34.1 Å². The molecule has 4 aliphatic rings. The number of aromatic nitrogens is 1. The van der Waals surface area contributed by atoms with Gasteiger partial charge >= 0.3 is 0 Å². The van der Waals surface area contributed by atoms with Gasteiger partial charge in [-0.1, -0.05) is 41.7 Å². The first-order valence-corrected chi connectivity index (χ1v) is 10.8. The maximum absolute atomic E-state index is 13.2. The fourth-order valence-corrected chi connectivity index (χ4v) is 7.24. The van der Waals surface area contributed by atoms with Crippen LogP contribution in [0.1, 0.15) is 38.5 Å². The van der Waals surface area contributed by atoms with E-state index in [0.717, 1.165) is 52.1 Å². The van der Waals surface area contributed by atoms with Gasteiger partial charge in [-0.2, -0.15) is 0 Å². The molecule has 4 saturated carbocycles. The van der Waals surface area contributed by atoms with E-state index in [9.17, 15) is 4.79 Å². The van der Waals surface area contributed by atoms with E-state index in [1.807, 2.05) is 30.3 Å². The first-order chi connectivity index (χ1) is 12.1. The van der Waals surface area contributed by atoms with Crippen LogP contribution >= 0.6 is 27.3 Å². The zero-order chi connectivity index (χ0) is 17.0. The third-order valence-electron chi connectivity index (χ3n) is 6.37. The third kappa shape index (κ3) is 2.76. The average molecular weight is 417 g/mol. The van der Waals surface area contributed by atoms with Gasteiger partial charge in [-0.25, -0.2) is 4.98 Å². The van der Waals surface area contributed by atoms with Crippen LogP contribution in [-0.4, -0.2) is 10.9 Å². The number of hydrogen-bond acceptors (Lipinski definition) is 3. The monoisotopic (exact) mass is 416 g/mol. The van der Waals surface area contributed by atoms with Crippen molar-refractivity contribution in [2.75, 3.05) is 5.32 Å². The highest BCUT2D eigenvalue weighted by atomic mass is 79.9. The zero-order valence-corrected chi connectivity index (χ0v) is 16.4. The summed E-state index contributed by atoms with van der Waals surface area (Å²) < 4.78 is 0.972. The van der Waals surface area contributed by atoms with Crippen LogP contribution < -0.4 is 5.32 Å². The Morgan fingerprint density at radius 2 is 1.68 bits per heavy atom. The lowest BCUT2D eigenvalue weighted by molar-refractivity contribution is -0.140. The van der Waals surface area contributed by atoms with Crippen molar-refractivity contribution in [1.29, 1.82) is 0 Å². The summed E-state index contributed by atoms with van der Waals surface area (Å²) >= 11 is 5.13. The van der Waals surface area contributed by atoms with Crippen LogP contribution in [0.3, 0.4) is 0 Å². The van der Waals surface area contributed by atoms with Gasteiger partial charge in [0.15, 0.2) is 5.13 Å². The number of anilines is 1. The molecule has 4 aliphatic carbocycles. The highest BCUT2D eigenvalue weighted by molar-refractivity contribution is 9.11. The number of nitrogens with one attached hydrogen (secondary N) is 1. The molecule has 0 atom stereocenters. The molecule has 0 spiro atoms. The van der Waals surface area contributed by atoms with Crippen LogP contribution in [0.25, 0.3) is 11.3 Å². The number of halogens is 1. The number of hydrogen-bond donors (Lipinski definition) is 1. The highest BCUT2D eigenvalue weighted by Crippen LogP contribution is 2.60. The molecule has 2 aromatic rings. The van der Waals surface area contributed by atoms with E-state index >= 15 is 0 Å². The summed E-state index contributed by atoms with van der Waals surface area (Å²) in [5.41, 5.74) is 1.85. The second-order valence-corrected chi connectivity index (χ2v) is 10.5. The third-order valence-corrected chi connectivity index (χ3v) is 7.99. The Balaban J connectivity index is 1.38. The predicted octanol–water partition coefficient (Wildman–Crippen LogP) is 5.73. The van der Waals surface area contributed by atoms with Crippen LogP contribution in [0.4, 0.5) is 5.13 Å². The summed E-state index contributed by atoms with van der Waals surface area (Å²) in [6.45, 7) is 0. The van der Waals surface area contributed by atoms with Crippen molar-refractivity contribution >= 4 is 38.3 Å². The smallest absolute Gasteiger partial charge is 0.232 e. The largest absolute Gasteiger partial charge is 0.301 e. The number of carbonyl (C=O) groups excluding carboxylic acids is 1. The highest BCUT2D eigenvalue weighted by Gasteiger charge is 2.54. The summed E-state index contributed by atoms with van der Waals surface area (Å²) in [5, 5.41) is 3.88. The Hall–Kier alpha value is -1.20. The van der Waals surface area contributed by atoms with Gasteiger partial charge in [0.2, 0.25) is 5.91 Å². The first kappa shape index (κ1) is 16.0. The van der Waals surface area contributed by atoms with Gasteiger partial charge in [0.05, 0.1) is 14.9 Å². The fourth-order valence-electron chi connectivity index (χ4n) is 5.75. The van der Waals surface area contributed by atoms with E-state index in [-0.39, 0.29) is 11.3 Å². The molecule has 1 heterocycles. The molecule has 25 heavy (non-hydrogen) atoms. The van der Waals surface area contributed by atoms with Crippen molar-refractivity contribution in [3.8, 4) is 11.3 Å². The Kier molecular flexibility index (Phi) is 3.79. The second-order valence-electron chi connectivity index (χ2n) is 8.16. The van der Waals surface area contributed by atoms with E-state index in [2.05, 4.69) is 26.2 Å². The van der Waals surface area contributed by atoms with Crippen LogP contribution in [0, 0.1) is 23.2 Å². The van der Waals surface area contributed by atoms with Crippen molar-refractivity contribution in [3.63, 3.8) is 0 Å². The maximum Gasteiger partial charge on any atom is 0.232 e. The van der Waals surface area contributed by atoms with E-state index < -0.39 is 0 Å². The number of nitrogens with zero attached hydrogens (tertiary/aromatic N) is 1. The van der Waals surface area contributed by atoms with E-state index in [1.54, 1.807) is 0 Å². The standard InChI is InChI=1S/C20H21BrN2OS/c21-17-16(15-4-2-1-3-5-15)22-19(25-17)23-18(24)20-9-12-6-13(10-20)8-14(7-12)11-20/h1-5,12-14H,6-11H2,(H,22,23,24). The van der Waals surface area contributed by atoms with Crippen molar-refractivity contribution in [2.24, 2.45) is 23.2 Å². The van der Waals surface area contributed by atoms with Gasteiger partial charge in [0, 0.05) is 5.56 Å². The molecule has 0 unspecified atom stereocenters. The minimum Gasteiger partial charge on any atom is -0.301 e. The van der Waals surface area contributed by atoms with Gasteiger partial charge in [0.25, 0.3) is 0 Å². The minimum atomic E-state index is -0.125. The van der Waals surface area contributed by atoms with Crippen LogP contribution in [0.15, 0.2) is 34.1 Å². The van der Waals surface area contributed by atoms with Gasteiger partial charge in [-0.3, -0.25) is 4.79 Å². The number of thiazole rings is 1. The Morgan fingerprint density at radius 1 is 1.08 bits per heavy atom. The molecule has 0 radical (unpaired) electrons.